The van der Waals surface area contributed by atoms with Crippen molar-refractivity contribution in [3.8, 4) is 0 Å². The highest BCUT2D eigenvalue weighted by Gasteiger charge is 2.13. The maximum Gasteiger partial charge on any atom is 0.0598 e. The van der Waals surface area contributed by atoms with Crippen LogP contribution in [0.5, 0.6) is 0 Å². The number of halogens is 1. The zero-order valence-electron chi connectivity index (χ0n) is 11.9. The SMILES string of the molecule is Cc1cc(C)c(CS(=O)c2cc(N)ccc2Cl)c(C)c1. The molecule has 0 saturated carbocycles. The van der Waals surface area contributed by atoms with Crippen LogP contribution in [0, 0.1) is 20.8 Å². The Morgan fingerprint density at radius 3 is 2.30 bits per heavy atom. The third kappa shape index (κ3) is 3.22. The van der Waals surface area contributed by atoms with Crippen LogP contribution >= 0.6 is 11.6 Å². The summed E-state index contributed by atoms with van der Waals surface area (Å²) in [5, 5.41) is 0.500. The van der Waals surface area contributed by atoms with Crippen molar-refractivity contribution in [3.05, 3.63) is 57.6 Å². The predicted octanol–water partition coefficient (Wildman–Crippen LogP) is 4.16. The molecule has 20 heavy (non-hydrogen) atoms. The Bertz CT molecular complexity index is 659. The normalized spacial score (nSPS) is 12.4. The molecule has 0 aliphatic rings. The molecule has 2 aromatic rings. The molecule has 106 valence electrons. The monoisotopic (exact) mass is 307 g/mol. The van der Waals surface area contributed by atoms with E-state index >= 15 is 0 Å². The average molecular weight is 308 g/mol. The first kappa shape index (κ1) is 15.1. The van der Waals surface area contributed by atoms with Gasteiger partial charge in [0, 0.05) is 5.69 Å². The molecule has 0 amide bonds. The van der Waals surface area contributed by atoms with Crippen LogP contribution in [0.2, 0.25) is 5.02 Å². The van der Waals surface area contributed by atoms with Crippen molar-refractivity contribution in [2.24, 2.45) is 0 Å². The smallest absolute Gasteiger partial charge is 0.0598 e. The van der Waals surface area contributed by atoms with Gasteiger partial charge in [-0.3, -0.25) is 4.21 Å². The van der Waals surface area contributed by atoms with Gasteiger partial charge in [0.1, 0.15) is 0 Å². The highest BCUT2D eigenvalue weighted by Crippen LogP contribution is 2.26. The van der Waals surface area contributed by atoms with Gasteiger partial charge in [-0.1, -0.05) is 29.3 Å². The fraction of sp³-hybridized carbons (Fsp3) is 0.250. The Balaban J connectivity index is 2.35. The van der Waals surface area contributed by atoms with Crippen LogP contribution in [0.4, 0.5) is 5.69 Å². The van der Waals surface area contributed by atoms with Crippen molar-refractivity contribution in [3.63, 3.8) is 0 Å². The zero-order chi connectivity index (χ0) is 14.9. The molecular weight excluding hydrogens is 290 g/mol. The minimum Gasteiger partial charge on any atom is -0.399 e. The van der Waals surface area contributed by atoms with Gasteiger partial charge in [0.05, 0.1) is 26.5 Å². The number of aryl methyl sites for hydroxylation is 3. The number of hydrogen-bond acceptors (Lipinski definition) is 2. The largest absolute Gasteiger partial charge is 0.399 e. The molecule has 2 rings (SSSR count). The first-order chi connectivity index (χ1) is 9.38. The molecule has 0 spiro atoms. The third-order valence-corrected chi connectivity index (χ3v) is 5.14. The van der Waals surface area contributed by atoms with E-state index in [9.17, 15) is 4.21 Å². The highest BCUT2D eigenvalue weighted by molar-refractivity contribution is 7.84. The second kappa shape index (κ2) is 5.98. The van der Waals surface area contributed by atoms with Gasteiger partial charge >= 0.3 is 0 Å². The van der Waals surface area contributed by atoms with E-state index in [1.807, 2.05) is 13.8 Å². The summed E-state index contributed by atoms with van der Waals surface area (Å²) in [4.78, 5) is 0.603. The van der Waals surface area contributed by atoms with E-state index in [2.05, 4.69) is 19.1 Å². The van der Waals surface area contributed by atoms with Gasteiger partial charge in [0.2, 0.25) is 0 Å². The molecule has 0 saturated heterocycles. The van der Waals surface area contributed by atoms with E-state index < -0.39 is 10.8 Å². The molecule has 2 N–H and O–H groups in total. The Kier molecular flexibility index (Phi) is 4.51. The van der Waals surface area contributed by atoms with Crippen LogP contribution in [0.1, 0.15) is 22.3 Å². The lowest BCUT2D eigenvalue weighted by Crippen LogP contribution is -2.03. The summed E-state index contributed by atoms with van der Waals surface area (Å²) >= 11 is 6.11. The van der Waals surface area contributed by atoms with E-state index in [1.54, 1.807) is 18.2 Å². The lowest BCUT2D eigenvalue weighted by molar-refractivity contribution is 0.682. The van der Waals surface area contributed by atoms with Crippen molar-refractivity contribution in [1.82, 2.24) is 0 Å². The molecule has 0 aliphatic carbocycles. The average Bonchev–Trinajstić information content (AvgIpc) is 2.36. The molecule has 0 aromatic heterocycles. The molecule has 2 nitrogen and oxygen atoms in total. The van der Waals surface area contributed by atoms with Crippen molar-refractivity contribution >= 4 is 28.1 Å². The maximum absolute atomic E-state index is 12.5. The number of benzene rings is 2. The van der Waals surface area contributed by atoms with Crippen LogP contribution in [0.25, 0.3) is 0 Å². The summed E-state index contributed by atoms with van der Waals surface area (Å²) in [6.07, 6.45) is 0. The molecule has 4 heteroatoms. The Morgan fingerprint density at radius 1 is 1.10 bits per heavy atom. The highest BCUT2D eigenvalue weighted by atomic mass is 35.5. The summed E-state index contributed by atoms with van der Waals surface area (Å²) in [6.45, 7) is 6.16. The quantitative estimate of drug-likeness (QED) is 0.865. The van der Waals surface area contributed by atoms with Gasteiger partial charge in [-0.05, 0) is 55.7 Å². The van der Waals surface area contributed by atoms with E-state index in [4.69, 9.17) is 17.3 Å². The van der Waals surface area contributed by atoms with Gasteiger partial charge in [-0.15, -0.1) is 0 Å². The standard InChI is InChI=1S/C16H18ClNOS/c1-10-6-11(2)14(12(3)7-10)9-20(19)16-8-13(18)4-5-15(16)17/h4-8H,9,18H2,1-3H3. The van der Waals surface area contributed by atoms with Crippen LogP contribution in [0.3, 0.4) is 0 Å². The molecule has 1 unspecified atom stereocenters. The minimum atomic E-state index is -1.20. The van der Waals surface area contributed by atoms with Gasteiger partial charge in [-0.25, -0.2) is 0 Å². The van der Waals surface area contributed by atoms with Crippen molar-refractivity contribution in [2.75, 3.05) is 5.73 Å². The van der Waals surface area contributed by atoms with Gasteiger partial charge in [-0.2, -0.15) is 0 Å². The Hall–Kier alpha value is -1.32. The van der Waals surface area contributed by atoms with E-state index in [1.165, 1.54) is 5.56 Å². The molecule has 0 fully saturated rings. The van der Waals surface area contributed by atoms with Gasteiger partial charge in [0.25, 0.3) is 0 Å². The predicted molar refractivity (Wildman–Crippen MR) is 86.6 cm³/mol. The third-order valence-electron chi connectivity index (χ3n) is 3.32. The lowest BCUT2D eigenvalue weighted by Gasteiger charge is -2.12. The summed E-state index contributed by atoms with van der Waals surface area (Å²) in [7, 11) is -1.20. The number of rotatable bonds is 3. The molecule has 0 heterocycles. The number of nitrogen functional groups attached to an aromatic ring is 1. The summed E-state index contributed by atoms with van der Waals surface area (Å²) in [5.41, 5.74) is 11.0. The minimum absolute atomic E-state index is 0.459. The van der Waals surface area contributed by atoms with Crippen molar-refractivity contribution in [2.45, 2.75) is 31.4 Å². The van der Waals surface area contributed by atoms with Gasteiger partial charge in [0.15, 0.2) is 0 Å². The van der Waals surface area contributed by atoms with Crippen LogP contribution in [-0.2, 0) is 16.6 Å². The Morgan fingerprint density at radius 2 is 1.70 bits per heavy atom. The summed E-state index contributed by atoms with van der Waals surface area (Å²) in [5.74, 6) is 0.459. The molecular formula is C16H18ClNOS. The van der Waals surface area contributed by atoms with Crippen molar-refractivity contribution < 1.29 is 4.21 Å². The van der Waals surface area contributed by atoms with Crippen molar-refractivity contribution in [1.29, 1.82) is 0 Å². The molecule has 0 radical (unpaired) electrons. The Labute approximate surface area is 127 Å². The first-order valence-corrected chi connectivity index (χ1v) is 8.08. The van der Waals surface area contributed by atoms with Gasteiger partial charge < -0.3 is 5.73 Å². The number of hydrogen-bond donors (Lipinski definition) is 1. The topological polar surface area (TPSA) is 43.1 Å². The van der Waals surface area contributed by atoms with Crippen LogP contribution in [0.15, 0.2) is 35.2 Å². The molecule has 0 bridgehead atoms. The second-order valence-electron chi connectivity index (χ2n) is 5.06. The summed E-state index contributed by atoms with van der Waals surface area (Å²) in [6, 6.07) is 9.32. The second-order valence-corrected chi connectivity index (χ2v) is 6.88. The summed E-state index contributed by atoms with van der Waals surface area (Å²) < 4.78 is 12.5. The van der Waals surface area contributed by atoms with E-state index in [-0.39, 0.29) is 0 Å². The lowest BCUT2D eigenvalue weighted by atomic mass is 10.0. The van der Waals surface area contributed by atoms with Crippen LogP contribution < -0.4 is 5.73 Å². The fourth-order valence-corrected chi connectivity index (χ4v) is 4.14. The molecule has 2 aromatic carbocycles. The van der Waals surface area contributed by atoms with Crippen LogP contribution in [-0.4, -0.2) is 4.21 Å². The molecule has 0 aliphatic heterocycles. The maximum atomic E-state index is 12.5. The number of nitrogens with two attached hydrogens (primary N) is 1. The van der Waals surface area contributed by atoms with E-state index in [0.717, 1.165) is 16.7 Å². The first-order valence-electron chi connectivity index (χ1n) is 6.38. The fourth-order valence-electron chi connectivity index (χ4n) is 2.34. The molecule has 1 atom stereocenters. The zero-order valence-corrected chi connectivity index (χ0v) is 13.4. The number of anilines is 1. The van der Waals surface area contributed by atoms with E-state index in [0.29, 0.717) is 21.4 Å².